The van der Waals surface area contributed by atoms with Crippen LogP contribution in [-0.4, -0.2) is 92.4 Å². The minimum atomic E-state index is -1.60. The molecule has 4 atom stereocenters. The van der Waals surface area contributed by atoms with Crippen molar-refractivity contribution in [3.63, 3.8) is 0 Å². The van der Waals surface area contributed by atoms with Crippen molar-refractivity contribution in [3.8, 4) is 0 Å². The van der Waals surface area contributed by atoms with Gasteiger partial charge in [0.05, 0.1) is 25.2 Å². The van der Waals surface area contributed by atoms with Crippen molar-refractivity contribution in [2.75, 3.05) is 6.54 Å². The van der Waals surface area contributed by atoms with Crippen LogP contribution in [0.3, 0.4) is 0 Å². The van der Waals surface area contributed by atoms with E-state index in [4.69, 9.17) is 28.0 Å². The number of carbonyl (C=O) groups is 6. The highest BCUT2D eigenvalue weighted by molar-refractivity contribution is 5.96. The van der Waals surface area contributed by atoms with E-state index in [-0.39, 0.29) is 31.8 Å². The summed E-state index contributed by atoms with van der Waals surface area (Å²) in [5.74, 6) is -6.85. The van der Waals surface area contributed by atoms with Crippen LogP contribution in [-0.2, 0) is 35.2 Å². The fraction of sp³-hybridized carbons (Fsp3) is 0.500. The molecule has 18 nitrogen and oxygen atoms in total. The molecule has 210 valence electrons. The van der Waals surface area contributed by atoms with Crippen LogP contribution >= 0.6 is 0 Å². The first-order valence-corrected chi connectivity index (χ1v) is 11.2. The second-order valence-electron chi connectivity index (χ2n) is 8.13. The average molecular weight is 541 g/mol. The van der Waals surface area contributed by atoms with Gasteiger partial charge in [0.25, 0.3) is 0 Å². The van der Waals surface area contributed by atoms with Crippen LogP contribution in [0.25, 0.3) is 0 Å². The maximum atomic E-state index is 13.0. The molecule has 38 heavy (non-hydrogen) atoms. The summed E-state index contributed by atoms with van der Waals surface area (Å²) in [4.78, 5) is 82.5. The van der Waals surface area contributed by atoms with E-state index in [1.54, 1.807) is 0 Å². The first-order chi connectivity index (χ1) is 17.8. The number of nitrogens with two attached hydrogens (primary N) is 4. The molecular weight excluding hydrogens is 508 g/mol. The topological polar surface area (TPSA) is 324 Å². The molecule has 0 spiro atoms. The van der Waals surface area contributed by atoms with Gasteiger partial charge in [-0.1, -0.05) is 0 Å². The molecule has 14 N–H and O–H groups in total. The molecule has 0 aromatic carbocycles. The standard InChI is InChI=1S/C20H32N10O8/c21-10(5-15(32)33)16(34)29-12(4-9-7-25-8-27-9)17(35)30-13(6-14(22)31)18(36)28-11(19(37)38)2-1-3-26-20(23)24/h7-8,10-13H,1-6,21H2,(H2,22,31)(H,25,27)(H,28,36)(H,29,34)(H,30,35)(H,32,33)(H,37,38)(H4,23,24,26). The van der Waals surface area contributed by atoms with Gasteiger partial charge in [0.1, 0.15) is 18.1 Å². The number of guanidine groups is 1. The molecular formula is C20H32N10O8. The Kier molecular flexibility index (Phi) is 12.7. The number of nitrogens with zero attached hydrogens (tertiary/aromatic N) is 2. The van der Waals surface area contributed by atoms with Gasteiger partial charge >= 0.3 is 11.9 Å². The SMILES string of the molecule is NC(=O)CC(NC(=O)C(Cc1cnc[nH]1)NC(=O)C(N)CC(=O)O)C(=O)NC(CCCN=C(N)N)C(=O)O. The van der Waals surface area contributed by atoms with E-state index in [0.29, 0.717) is 5.69 Å². The normalized spacial score (nSPS) is 13.7. The summed E-state index contributed by atoms with van der Waals surface area (Å²) < 4.78 is 0. The van der Waals surface area contributed by atoms with Crippen LogP contribution in [0, 0.1) is 0 Å². The van der Waals surface area contributed by atoms with Crippen molar-refractivity contribution in [2.24, 2.45) is 27.9 Å². The van der Waals surface area contributed by atoms with Gasteiger partial charge in [-0.2, -0.15) is 0 Å². The number of carboxylic acids is 2. The molecule has 0 saturated heterocycles. The number of imidazole rings is 1. The summed E-state index contributed by atoms with van der Waals surface area (Å²) in [6, 6.07) is -5.88. The zero-order valence-electron chi connectivity index (χ0n) is 20.3. The van der Waals surface area contributed by atoms with Gasteiger partial charge in [-0.15, -0.1) is 0 Å². The highest BCUT2D eigenvalue weighted by Gasteiger charge is 2.31. The van der Waals surface area contributed by atoms with E-state index >= 15 is 0 Å². The second-order valence-corrected chi connectivity index (χ2v) is 8.13. The number of aliphatic imine (C=N–C) groups is 1. The first kappa shape index (κ1) is 31.3. The largest absolute Gasteiger partial charge is 0.481 e. The fourth-order valence-electron chi connectivity index (χ4n) is 3.10. The predicted molar refractivity (Wildman–Crippen MR) is 130 cm³/mol. The second kappa shape index (κ2) is 15.4. The van der Waals surface area contributed by atoms with Crippen LogP contribution in [0.4, 0.5) is 0 Å². The quantitative estimate of drug-likeness (QED) is 0.0505. The van der Waals surface area contributed by atoms with Gasteiger partial charge in [-0.25, -0.2) is 9.78 Å². The zero-order chi connectivity index (χ0) is 28.8. The summed E-state index contributed by atoms with van der Waals surface area (Å²) >= 11 is 0. The Bertz CT molecular complexity index is 1030. The summed E-state index contributed by atoms with van der Waals surface area (Å²) in [7, 11) is 0. The number of carboxylic acid groups (broad SMARTS) is 2. The molecule has 0 fully saturated rings. The molecule has 0 bridgehead atoms. The summed E-state index contributed by atoms with van der Waals surface area (Å²) in [5.41, 5.74) is 21.6. The minimum Gasteiger partial charge on any atom is -0.481 e. The number of carbonyl (C=O) groups excluding carboxylic acids is 4. The van der Waals surface area contributed by atoms with Gasteiger partial charge in [0, 0.05) is 24.9 Å². The highest BCUT2D eigenvalue weighted by Crippen LogP contribution is 2.05. The summed E-state index contributed by atoms with van der Waals surface area (Å²) in [5, 5.41) is 25.1. The number of H-pyrrole nitrogens is 1. The van der Waals surface area contributed by atoms with Gasteiger partial charge in [-0.3, -0.25) is 29.0 Å². The van der Waals surface area contributed by atoms with Crippen molar-refractivity contribution >= 4 is 41.5 Å². The average Bonchev–Trinajstić information content (AvgIpc) is 3.32. The lowest BCUT2D eigenvalue weighted by molar-refractivity contribution is -0.142. The number of hydrogen-bond donors (Lipinski definition) is 10. The Morgan fingerprint density at radius 1 is 0.921 bits per heavy atom. The van der Waals surface area contributed by atoms with Crippen LogP contribution in [0.2, 0.25) is 0 Å². The fourth-order valence-corrected chi connectivity index (χ4v) is 3.10. The smallest absolute Gasteiger partial charge is 0.326 e. The van der Waals surface area contributed by atoms with Crippen LogP contribution in [0.5, 0.6) is 0 Å². The van der Waals surface area contributed by atoms with E-state index in [1.165, 1.54) is 12.5 Å². The zero-order valence-corrected chi connectivity index (χ0v) is 20.3. The molecule has 1 aromatic rings. The number of hydrogen-bond acceptors (Lipinski definition) is 9. The Hall–Kier alpha value is -4.74. The molecule has 0 aliphatic heterocycles. The van der Waals surface area contributed by atoms with E-state index in [1.807, 2.05) is 0 Å². The molecule has 0 radical (unpaired) electrons. The van der Waals surface area contributed by atoms with Gasteiger partial charge < -0.3 is 54.1 Å². The van der Waals surface area contributed by atoms with Crippen molar-refractivity contribution in [1.82, 2.24) is 25.9 Å². The molecule has 0 aliphatic carbocycles. The lowest BCUT2D eigenvalue weighted by atomic mass is 10.1. The van der Waals surface area contributed by atoms with Gasteiger partial charge in [-0.05, 0) is 12.8 Å². The maximum absolute atomic E-state index is 13.0. The Morgan fingerprint density at radius 3 is 2.05 bits per heavy atom. The molecule has 1 rings (SSSR count). The van der Waals surface area contributed by atoms with Gasteiger partial charge in [0.15, 0.2) is 5.96 Å². The number of amides is 4. The Morgan fingerprint density at radius 2 is 1.53 bits per heavy atom. The molecule has 4 unspecified atom stereocenters. The van der Waals surface area contributed by atoms with Crippen molar-refractivity contribution in [1.29, 1.82) is 0 Å². The minimum absolute atomic E-state index is 0.0743. The number of primary amides is 1. The highest BCUT2D eigenvalue weighted by atomic mass is 16.4. The number of nitrogens with one attached hydrogen (secondary N) is 4. The molecule has 18 heteroatoms. The monoisotopic (exact) mass is 540 g/mol. The molecule has 1 heterocycles. The number of aromatic amines is 1. The van der Waals surface area contributed by atoms with E-state index < -0.39 is 72.6 Å². The third-order valence-electron chi connectivity index (χ3n) is 4.94. The van der Waals surface area contributed by atoms with E-state index in [2.05, 4.69) is 30.9 Å². The number of rotatable bonds is 17. The van der Waals surface area contributed by atoms with Gasteiger partial charge in [0.2, 0.25) is 23.6 Å². The Balaban J connectivity index is 3.02. The predicted octanol–water partition coefficient (Wildman–Crippen LogP) is -4.78. The third kappa shape index (κ3) is 11.8. The summed E-state index contributed by atoms with van der Waals surface area (Å²) in [6.07, 6.45) is 1.20. The van der Waals surface area contributed by atoms with Crippen LogP contribution < -0.4 is 38.9 Å². The van der Waals surface area contributed by atoms with Crippen molar-refractivity contribution in [3.05, 3.63) is 18.2 Å². The maximum Gasteiger partial charge on any atom is 0.326 e. The van der Waals surface area contributed by atoms with Crippen LogP contribution in [0.1, 0.15) is 31.4 Å². The Labute approximate surface area is 216 Å². The molecule has 0 aliphatic rings. The molecule has 1 aromatic heterocycles. The molecule has 0 saturated carbocycles. The van der Waals surface area contributed by atoms with Crippen LogP contribution in [0.15, 0.2) is 17.5 Å². The first-order valence-electron chi connectivity index (χ1n) is 11.2. The lowest BCUT2D eigenvalue weighted by Gasteiger charge is -2.24. The number of aromatic nitrogens is 2. The number of aliphatic carboxylic acids is 2. The van der Waals surface area contributed by atoms with Crippen molar-refractivity contribution < 1.29 is 39.0 Å². The third-order valence-corrected chi connectivity index (χ3v) is 4.94. The molecule has 4 amide bonds. The lowest BCUT2D eigenvalue weighted by Crippen LogP contribution is -2.58. The van der Waals surface area contributed by atoms with E-state index in [0.717, 1.165) is 0 Å². The van der Waals surface area contributed by atoms with E-state index in [9.17, 15) is 33.9 Å². The summed E-state index contributed by atoms with van der Waals surface area (Å²) in [6.45, 7) is 0.0996. The van der Waals surface area contributed by atoms with Crippen molar-refractivity contribution in [2.45, 2.75) is 56.3 Å².